The molecule has 1 fully saturated rings. The number of nitrogens with one attached hydrogen (secondary N) is 1. The molecule has 2 aliphatic rings. The molecule has 3 nitrogen and oxygen atoms in total. The van der Waals surface area contributed by atoms with Gasteiger partial charge >= 0.3 is 0 Å². The fourth-order valence-corrected chi connectivity index (χ4v) is 3.78. The monoisotopic (exact) mass is 352 g/mol. The number of benzene rings is 2. The number of alkyl halides is 1. The number of anilines is 2. The summed E-state index contributed by atoms with van der Waals surface area (Å²) in [4.78, 5) is 14.8. The molecule has 4 heteroatoms. The number of amides is 1. The predicted octanol–water partition coefficient (Wildman–Crippen LogP) is 4.56. The Hall–Kier alpha value is -2.26. The summed E-state index contributed by atoms with van der Waals surface area (Å²) in [7, 11) is 0. The third kappa shape index (κ3) is 3.29. The van der Waals surface area contributed by atoms with Crippen LogP contribution in [-0.4, -0.2) is 24.9 Å². The lowest BCUT2D eigenvalue weighted by molar-refractivity contribution is -0.110. The standard InChI is InChI=1S/C21H21ClN2O/c22-10-9-16-5-8-20-18(13-16)19(21(25)23-20)14-15-3-6-17(7-4-15)24-11-1-2-12-24/h3-8,13-14H,1-2,9-12H2,(H,23,25). The number of aryl methyl sites for hydroxylation is 1. The lowest BCUT2D eigenvalue weighted by Crippen LogP contribution is -2.17. The maximum Gasteiger partial charge on any atom is 0.256 e. The molecule has 0 bridgehead atoms. The topological polar surface area (TPSA) is 32.3 Å². The summed E-state index contributed by atoms with van der Waals surface area (Å²) in [5.74, 6) is 0.540. The Balaban J connectivity index is 1.63. The minimum atomic E-state index is -0.0401. The molecule has 0 atom stereocenters. The van der Waals surface area contributed by atoms with Crippen LogP contribution in [-0.2, 0) is 11.2 Å². The third-order valence-electron chi connectivity index (χ3n) is 4.93. The number of carbonyl (C=O) groups is 1. The Morgan fingerprint density at radius 1 is 1.08 bits per heavy atom. The van der Waals surface area contributed by atoms with E-state index in [1.165, 1.54) is 18.5 Å². The maximum atomic E-state index is 12.4. The first-order valence-corrected chi connectivity index (χ1v) is 9.35. The fraction of sp³-hybridized carbons (Fsp3) is 0.286. The summed E-state index contributed by atoms with van der Waals surface area (Å²) in [6.07, 6.45) is 5.32. The van der Waals surface area contributed by atoms with E-state index in [0.717, 1.165) is 47.5 Å². The molecule has 2 aromatic rings. The van der Waals surface area contributed by atoms with Crippen LogP contribution in [0.25, 0.3) is 11.6 Å². The summed E-state index contributed by atoms with van der Waals surface area (Å²) in [5.41, 5.74) is 6.03. The van der Waals surface area contributed by atoms with Gasteiger partial charge in [-0.15, -0.1) is 11.6 Å². The highest BCUT2D eigenvalue weighted by atomic mass is 35.5. The van der Waals surface area contributed by atoms with Crippen molar-refractivity contribution < 1.29 is 4.79 Å². The lowest BCUT2D eigenvalue weighted by atomic mass is 10.0. The third-order valence-corrected chi connectivity index (χ3v) is 5.11. The van der Waals surface area contributed by atoms with Crippen LogP contribution in [0.15, 0.2) is 42.5 Å². The molecule has 1 amide bonds. The van der Waals surface area contributed by atoms with Gasteiger partial charge in [0, 0.05) is 41.5 Å². The molecular formula is C21H21ClN2O. The van der Waals surface area contributed by atoms with E-state index < -0.39 is 0 Å². The largest absolute Gasteiger partial charge is 0.372 e. The quantitative estimate of drug-likeness (QED) is 0.646. The Morgan fingerprint density at radius 3 is 2.56 bits per heavy atom. The molecule has 2 heterocycles. The van der Waals surface area contributed by atoms with Crippen molar-refractivity contribution in [3.63, 3.8) is 0 Å². The van der Waals surface area contributed by atoms with Crippen molar-refractivity contribution in [1.29, 1.82) is 0 Å². The van der Waals surface area contributed by atoms with Gasteiger partial charge in [0.15, 0.2) is 0 Å². The van der Waals surface area contributed by atoms with Crippen LogP contribution in [0.3, 0.4) is 0 Å². The number of halogens is 1. The molecule has 128 valence electrons. The van der Waals surface area contributed by atoms with Crippen LogP contribution in [0.1, 0.15) is 29.5 Å². The van der Waals surface area contributed by atoms with Crippen molar-refractivity contribution in [3.05, 3.63) is 59.2 Å². The second-order valence-electron chi connectivity index (χ2n) is 6.62. The second-order valence-corrected chi connectivity index (χ2v) is 6.99. The van der Waals surface area contributed by atoms with Gasteiger partial charge in [-0.3, -0.25) is 4.79 Å². The van der Waals surface area contributed by atoms with Gasteiger partial charge in [0.1, 0.15) is 0 Å². The average Bonchev–Trinajstić information content (AvgIpc) is 3.25. The SMILES string of the molecule is O=C1Nc2ccc(CCCl)cc2C1=Cc1ccc(N2CCCC2)cc1. The summed E-state index contributed by atoms with van der Waals surface area (Å²) in [6.45, 7) is 2.28. The van der Waals surface area contributed by atoms with Crippen LogP contribution in [0, 0.1) is 0 Å². The first kappa shape index (κ1) is 16.2. The molecule has 0 aromatic heterocycles. The van der Waals surface area contributed by atoms with E-state index in [2.05, 4.69) is 40.5 Å². The molecule has 1 N–H and O–H groups in total. The van der Waals surface area contributed by atoms with Gasteiger partial charge in [-0.05, 0) is 60.7 Å². The minimum Gasteiger partial charge on any atom is -0.372 e. The van der Waals surface area contributed by atoms with Gasteiger partial charge in [-0.2, -0.15) is 0 Å². The predicted molar refractivity (Wildman–Crippen MR) is 105 cm³/mol. The van der Waals surface area contributed by atoms with Crippen LogP contribution < -0.4 is 10.2 Å². The molecule has 0 radical (unpaired) electrons. The number of nitrogens with zero attached hydrogens (tertiary/aromatic N) is 1. The Morgan fingerprint density at radius 2 is 1.84 bits per heavy atom. The molecule has 2 aromatic carbocycles. The van der Waals surface area contributed by atoms with E-state index in [-0.39, 0.29) is 5.91 Å². The molecule has 0 saturated carbocycles. The molecule has 2 aliphatic heterocycles. The van der Waals surface area contributed by atoms with E-state index in [9.17, 15) is 4.79 Å². The Kier molecular flexibility index (Phi) is 4.50. The lowest BCUT2D eigenvalue weighted by Gasteiger charge is -2.17. The highest BCUT2D eigenvalue weighted by molar-refractivity contribution is 6.35. The number of hydrogen-bond acceptors (Lipinski definition) is 2. The smallest absolute Gasteiger partial charge is 0.256 e. The number of fused-ring (bicyclic) bond motifs is 1. The first-order chi connectivity index (χ1) is 12.2. The van der Waals surface area contributed by atoms with E-state index >= 15 is 0 Å². The van der Waals surface area contributed by atoms with Crippen molar-refractivity contribution >= 4 is 40.5 Å². The summed E-state index contributed by atoms with van der Waals surface area (Å²) >= 11 is 5.85. The van der Waals surface area contributed by atoms with Gasteiger partial charge in [0.25, 0.3) is 5.91 Å². The van der Waals surface area contributed by atoms with Crippen molar-refractivity contribution in [2.75, 3.05) is 29.2 Å². The average molecular weight is 353 g/mol. The molecular weight excluding hydrogens is 332 g/mol. The summed E-state index contributed by atoms with van der Waals surface area (Å²) in [6, 6.07) is 14.5. The van der Waals surface area contributed by atoms with Crippen molar-refractivity contribution in [1.82, 2.24) is 0 Å². The van der Waals surface area contributed by atoms with Crippen molar-refractivity contribution in [2.24, 2.45) is 0 Å². The molecule has 0 spiro atoms. The zero-order valence-corrected chi connectivity index (χ0v) is 14.9. The van der Waals surface area contributed by atoms with Crippen LogP contribution >= 0.6 is 11.6 Å². The summed E-state index contributed by atoms with van der Waals surface area (Å²) < 4.78 is 0. The van der Waals surface area contributed by atoms with Gasteiger partial charge in [-0.1, -0.05) is 18.2 Å². The van der Waals surface area contributed by atoms with E-state index in [0.29, 0.717) is 5.88 Å². The first-order valence-electron chi connectivity index (χ1n) is 8.82. The van der Waals surface area contributed by atoms with E-state index in [1.807, 2.05) is 18.2 Å². The van der Waals surface area contributed by atoms with Crippen molar-refractivity contribution in [3.8, 4) is 0 Å². The zero-order valence-electron chi connectivity index (χ0n) is 14.1. The number of hydrogen-bond donors (Lipinski definition) is 1. The normalized spacial score (nSPS) is 17.9. The molecule has 25 heavy (non-hydrogen) atoms. The molecule has 1 saturated heterocycles. The highest BCUT2D eigenvalue weighted by Crippen LogP contribution is 2.34. The molecule has 0 unspecified atom stereocenters. The number of rotatable bonds is 4. The van der Waals surface area contributed by atoms with Gasteiger partial charge in [0.05, 0.1) is 0 Å². The molecule has 0 aliphatic carbocycles. The highest BCUT2D eigenvalue weighted by Gasteiger charge is 2.24. The van der Waals surface area contributed by atoms with Crippen LogP contribution in [0.2, 0.25) is 0 Å². The minimum absolute atomic E-state index is 0.0401. The van der Waals surface area contributed by atoms with Crippen molar-refractivity contribution in [2.45, 2.75) is 19.3 Å². The van der Waals surface area contributed by atoms with E-state index in [1.54, 1.807) is 0 Å². The summed E-state index contributed by atoms with van der Waals surface area (Å²) in [5, 5.41) is 2.94. The van der Waals surface area contributed by atoms with Gasteiger partial charge in [0.2, 0.25) is 0 Å². The van der Waals surface area contributed by atoms with Crippen LogP contribution in [0.5, 0.6) is 0 Å². The second kappa shape index (κ2) is 6.93. The van der Waals surface area contributed by atoms with Gasteiger partial charge < -0.3 is 10.2 Å². The van der Waals surface area contributed by atoms with E-state index in [4.69, 9.17) is 11.6 Å². The van der Waals surface area contributed by atoms with Crippen LogP contribution in [0.4, 0.5) is 11.4 Å². The zero-order chi connectivity index (χ0) is 17.2. The molecule has 4 rings (SSSR count). The maximum absolute atomic E-state index is 12.4. The number of carbonyl (C=O) groups excluding carboxylic acids is 1. The Bertz CT molecular complexity index is 820. The Labute approximate surface area is 153 Å². The van der Waals surface area contributed by atoms with Gasteiger partial charge in [-0.25, -0.2) is 0 Å². The fourth-order valence-electron chi connectivity index (χ4n) is 3.57.